The van der Waals surface area contributed by atoms with Gasteiger partial charge >= 0.3 is 0 Å². The number of aromatic nitrogens is 2. The largest absolute Gasteiger partial charge is 0.508 e. The van der Waals surface area contributed by atoms with E-state index < -0.39 is 0 Å². The van der Waals surface area contributed by atoms with Crippen LogP contribution in [0.4, 0.5) is 0 Å². The molecule has 0 radical (unpaired) electrons. The molecule has 6 heteroatoms. The Labute approximate surface area is 203 Å². The van der Waals surface area contributed by atoms with E-state index in [0.29, 0.717) is 5.75 Å². The zero-order valence-corrected chi connectivity index (χ0v) is 20.3. The monoisotopic (exact) mass is 459 g/mol. The molecule has 0 atom stereocenters. The maximum absolute atomic E-state index is 9.43. The molecule has 0 saturated carbocycles. The van der Waals surface area contributed by atoms with Gasteiger partial charge in [-0.25, -0.2) is 9.97 Å². The van der Waals surface area contributed by atoms with Gasteiger partial charge in [0.1, 0.15) is 11.6 Å². The van der Waals surface area contributed by atoms with Gasteiger partial charge in [-0.3, -0.25) is 9.80 Å². The minimum atomic E-state index is 0.309. The normalized spacial score (nSPS) is 14.5. The lowest BCUT2D eigenvalue weighted by molar-refractivity contribution is 0.189. The van der Waals surface area contributed by atoms with Crippen molar-refractivity contribution in [2.24, 2.45) is 0 Å². The van der Waals surface area contributed by atoms with Crippen LogP contribution in [-0.2, 0) is 19.4 Å². The van der Waals surface area contributed by atoms with Crippen molar-refractivity contribution < 1.29 is 5.11 Å². The fourth-order valence-corrected chi connectivity index (χ4v) is 4.45. The van der Waals surface area contributed by atoms with Gasteiger partial charge in [0.05, 0.1) is 5.69 Å². The molecule has 4 rings (SSSR count). The highest BCUT2D eigenvalue weighted by Gasteiger charge is 2.12. The van der Waals surface area contributed by atoms with E-state index >= 15 is 0 Å². The van der Waals surface area contributed by atoms with Crippen molar-refractivity contribution in [1.29, 1.82) is 0 Å². The van der Waals surface area contributed by atoms with Crippen LogP contribution in [0.25, 0.3) is 11.3 Å². The summed E-state index contributed by atoms with van der Waals surface area (Å²) in [6.45, 7) is 11.0. The average Bonchev–Trinajstić information content (AvgIpc) is 2.89. The van der Waals surface area contributed by atoms with Gasteiger partial charge in [0.25, 0.3) is 0 Å². The highest BCUT2D eigenvalue weighted by atomic mass is 16.3. The predicted molar refractivity (Wildman–Crippen MR) is 138 cm³/mol. The summed E-state index contributed by atoms with van der Waals surface area (Å²) >= 11 is 0. The topological polar surface area (TPSA) is 64.5 Å². The molecule has 1 aliphatic rings. The van der Waals surface area contributed by atoms with Crippen molar-refractivity contribution in [3.8, 4) is 17.0 Å². The lowest BCUT2D eigenvalue weighted by Gasteiger charge is -2.30. The molecule has 2 aromatic carbocycles. The minimum absolute atomic E-state index is 0.309. The SMILES string of the molecule is CCN(CCN1CCNCC1)Cc1cccc(-c2ccnc(CCCc3ccc(O)cc3)n2)c1. The number of nitrogens with zero attached hydrogens (tertiary/aromatic N) is 4. The lowest BCUT2D eigenvalue weighted by atomic mass is 10.1. The maximum atomic E-state index is 9.43. The first-order valence-corrected chi connectivity index (χ1v) is 12.5. The van der Waals surface area contributed by atoms with E-state index in [0.717, 1.165) is 88.7 Å². The molecule has 1 saturated heterocycles. The molecule has 1 aliphatic heterocycles. The van der Waals surface area contributed by atoms with Crippen LogP contribution in [-0.4, -0.2) is 70.7 Å². The molecule has 3 aromatic rings. The van der Waals surface area contributed by atoms with Crippen LogP contribution in [0.15, 0.2) is 60.8 Å². The first kappa shape index (κ1) is 24.3. The van der Waals surface area contributed by atoms with E-state index in [2.05, 4.69) is 51.3 Å². The number of nitrogens with one attached hydrogen (secondary N) is 1. The number of benzene rings is 2. The molecule has 2 heterocycles. The van der Waals surface area contributed by atoms with Crippen molar-refractivity contribution in [1.82, 2.24) is 25.1 Å². The molecule has 2 N–H and O–H groups in total. The molecule has 0 bridgehead atoms. The number of phenolic OH excluding ortho intramolecular Hbond substituents is 1. The van der Waals surface area contributed by atoms with Gasteiger partial charge in [-0.2, -0.15) is 0 Å². The first-order chi connectivity index (χ1) is 16.7. The molecule has 6 nitrogen and oxygen atoms in total. The predicted octanol–water partition coefficient (Wildman–Crippen LogP) is 3.75. The molecular formula is C28H37N5O. The number of piperazine rings is 1. The van der Waals surface area contributed by atoms with Crippen LogP contribution in [0.1, 0.15) is 30.3 Å². The molecule has 180 valence electrons. The third kappa shape index (κ3) is 7.35. The zero-order chi connectivity index (χ0) is 23.6. The molecule has 1 aromatic heterocycles. The zero-order valence-electron chi connectivity index (χ0n) is 20.3. The van der Waals surface area contributed by atoms with Gasteiger partial charge in [0, 0.05) is 64.0 Å². The number of aryl methyl sites for hydroxylation is 2. The summed E-state index contributed by atoms with van der Waals surface area (Å²) < 4.78 is 0. The van der Waals surface area contributed by atoms with Crippen molar-refractivity contribution in [3.05, 3.63) is 77.7 Å². The van der Waals surface area contributed by atoms with Gasteiger partial charge in [-0.1, -0.05) is 37.3 Å². The second-order valence-corrected chi connectivity index (χ2v) is 9.04. The summed E-state index contributed by atoms with van der Waals surface area (Å²) in [5.41, 5.74) is 4.68. The Kier molecular flexibility index (Phi) is 9.02. The van der Waals surface area contributed by atoms with Crippen molar-refractivity contribution in [2.75, 3.05) is 45.8 Å². The summed E-state index contributed by atoms with van der Waals surface area (Å²) in [7, 11) is 0. The van der Waals surface area contributed by atoms with Gasteiger partial charge in [0.2, 0.25) is 0 Å². The molecular weight excluding hydrogens is 422 g/mol. The highest BCUT2D eigenvalue weighted by molar-refractivity contribution is 5.59. The molecule has 0 amide bonds. The van der Waals surface area contributed by atoms with E-state index in [9.17, 15) is 5.11 Å². The number of aromatic hydroxyl groups is 1. The Balaban J connectivity index is 1.33. The Morgan fingerprint density at radius 3 is 2.62 bits per heavy atom. The Hall–Kier alpha value is -2.80. The van der Waals surface area contributed by atoms with Crippen LogP contribution in [0, 0.1) is 0 Å². The van der Waals surface area contributed by atoms with Crippen LogP contribution >= 0.6 is 0 Å². The van der Waals surface area contributed by atoms with Crippen LogP contribution in [0.2, 0.25) is 0 Å². The third-order valence-corrected chi connectivity index (χ3v) is 6.53. The molecule has 0 aliphatic carbocycles. The van der Waals surface area contributed by atoms with E-state index in [4.69, 9.17) is 4.98 Å². The fraction of sp³-hybridized carbons (Fsp3) is 0.429. The number of hydrogen-bond acceptors (Lipinski definition) is 6. The smallest absolute Gasteiger partial charge is 0.128 e. The van der Waals surface area contributed by atoms with Gasteiger partial charge in [0.15, 0.2) is 0 Å². The quantitative estimate of drug-likeness (QED) is 0.455. The summed E-state index contributed by atoms with van der Waals surface area (Å²) in [5.74, 6) is 1.19. The molecule has 34 heavy (non-hydrogen) atoms. The summed E-state index contributed by atoms with van der Waals surface area (Å²) in [6, 6.07) is 18.2. The summed E-state index contributed by atoms with van der Waals surface area (Å²) in [4.78, 5) is 14.4. The average molecular weight is 460 g/mol. The van der Waals surface area contributed by atoms with E-state index in [1.165, 1.54) is 11.1 Å². The fourth-order valence-electron chi connectivity index (χ4n) is 4.45. The third-order valence-electron chi connectivity index (χ3n) is 6.53. The van der Waals surface area contributed by atoms with E-state index in [-0.39, 0.29) is 0 Å². The van der Waals surface area contributed by atoms with Gasteiger partial charge in [-0.15, -0.1) is 0 Å². The second kappa shape index (κ2) is 12.6. The lowest BCUT2D eigenvalue weighted by Crippen LogP contribution is -2.46. The minimum Gasteiger partial charge on any atom is -0.508 e. The highest BCUT2D eigenvalue weighted by Crippen LogP contribution is 2.20. The van der Waals surface area contributed by atoms with Gasteiger partial charge < -0.3 is 10.4 Å². The van der Waals surface area contributed by atoms with Gasteiger partial charge in [-0.05, 0) is 54.8 Å². The second-order valence-electron chi connectivity index (χ2n) is 9.04. The number of phenols is 1. The first-order valence-electron chi connectivity index (χ1n) is 12.5. The summed E-state index contributed by atoms with van der Waals surface area (Å²) in [5, 5.41) is 12.9. The Morgan fingerprint density at radius 1 is 1.00 bits per heavy atom. The van der Waals surface area contributed by atoms with E-state index in [1.807, 2.05) is 24.4 Å². The molecule has 1 fully saturated rings. The van der Waals surface area contributed by atoms with Crippen molar-refractivity contribution in [3.63, 3.8) is 0 Å². The van der Waals surface area contributed by atoms with E-state index in [1.54, 1.807) is 12.1 Å². The van der Waals surface area contributed by atoms with Crippen LogP contribution in [0.3, 0.4) is 0 Å². The Morgan fingerprint density at radius 2 is 1.82 bits per heavy atom. The number of likely N-dealkylation sites (N-methyl/N-ethyl adjacent to an activating group) is 1. The van der Waals surface area contributed by atoms with Crippen molar-refractivity contribution >= 4 is 0 Å². The van der Waals surface area contributed by atoms with Crippen LogP contribution < -0.4 is 5.32 Å². The molecule has 0 unspecified atom stereocenters. The van der Waals surface area contributed by atoms with Crippen LogP contribution in [0.5, 0.6) is 5.75 Å². The molecule has 0 spiro atoms. The Bertz CT molecular complexity index is 1020. The maximum Gasteiger partial charge on any atom is 0.128 e. The summed E-state index contributed by atoms with van der Waals surface area (Å²) in [6.07, 6.45) is 4.64. The number of hydrogen-bond donors (Lipinski definition) is 2. The van der Waals surface area contributed by atoms with Crippen molar-refractivity contribution in [2.45, 2.75) is 32.7 Å². The standard InChI is InChI=1S/C28H37N5O/c1-2-32(19-20-33-17-15-29-16-18-33)22-24-6-3-7-25(21-24)27-13-14-30-28(31-27)8-4-5-23-9-11-26(34)12-10-23/h3,6-7,9-14,21,29,34H,2,4-5,8,15-20,22H2,1H3. The number of rotatable bonds is 11.